The number of halogens is 1. The average molecular weight is 234 g/mol. The van der Waals surface area contributed by atoms with E-state index >= 15 is 0 Å². The summed E-state index contributed by atoms with van der Waals surface area (Å²) in [6.07, 6.45) is 0.392. The highest BCUT2D eigenvalue weighted by Gasteiger charge is 2.12. The van der Waals surface area contributed by atoms with Gasteiger partial charge in [0.15, 0.2) is 6.29 Å². The van der Waals surface area contributed by atoms with E-state index in [0.717, 1.165) is 18.2 Å². The van der Waals surface area contributed by atoms with Crippen LogP contribution in [0.5, 0.6) is 11.5 Å². The highest BCUT2D eigenvalue weighted by Crippen LogP contribution is 2.23. The third-order valence-electron chi connectivity index (χ3n) is 1.49. The minimum atomic E-state index is -4.27. The quantitative estimate of drug-likeness (QED) is 0.616. The first kappa shape index (κ1) is 11.4. The standard InChI is InChI=1S/C8H7FO5S/c9-5-15(12,13)14-7-2-1-6(4-10)8(11)3-7/h1-4,11H,5H2. The number of aromatic hydroxyl groups is 1. The second kappa shape index (κ2) is 4.26. The average Bonchev–Trinajstić information content (AvgIpc) is 2.17. The van der Waals surface area contributed by atoms with Gasteiger partial charge >= 0.3 is 10.1 Å². The van der Waals surface area contributed by atoms with Gasteiger partial charge in [0.1, 0.15) is 11.5 Å². The van der Waals surface area contributed by atoms with Gasteiger partial charge in [-0.1, -0.05) is 0 Å². The lowest BCUT2D eigenvalue weighted by molar-refractivity contribution is 0.112. The first-order valence-corrected chi connectivity index (χ1v) is 5.32. The van der Waals surface area contributed by atoms with E-state index in [1.54, 1.807) is 0 Å². The molecule has 0 heterocycles. The molecule has 0 aliphatic carbocycles. The Bertz CT molecular complexity index is 468. The number of hydrogen-bond donors (Lipinski definition) is 1. The zero-order valence-corrected chi connectivity index (χ0v) is 8.20. The van der Waals surface area contributed by atoms with Gasteiger partial charge in [-0.3, -0.25) is 4.79 Å². The summed E-state index contributed by atoms with van der Waals surface area (Å²) in [4.78, 5) is 10.3. The summed E-state index contributed by atoms with van der Waals surface area (Å²) >= 11 is 0. The SMILES string of the molecule is O=Cc1ccc(OS(=O)(=O)CF)cc1O. The van der Waals surface area contributed by atoms with Crippen molar-refractivity contribution in [3.05, 3.63) is 23.8 Å². The van der Waals surface area contributed by atoms with Crippen LogP contribution < -0.4 is 4.18 Å². The number of rotatable bonds is 4. The van der Waals surface area contributed by atoms with Crippen LogP contribution in [0.3, 0.4) is 0 Å². The molecule has 5 nitrogen and oxygen atoms in total. The van der Waals surface area contributed by atoms with Gasteiger partial charge in [-0.05, 0) is 12.1 Å². The summed E-state index contributed by atoms with van der Waals surface area (Å²) < 4.78 is 37.5. The molecule has 1 N–H and O–H groups in total. The van der Waals surface area contributed by atoms with Gasteiger partial charge in [0.05, 0.1) is 5.56 Å². The Labute approximate surface area is 85.2 Å². The van der Waals surface area contributed by atoms with Gasteiger partial charge in [0, 0.05) is 6.07 Å². The Kier molecular flexibility index (Phi) is 3.25. The Morgan fingerprint density at radius 1 is 1.47 bits per heavy atom. The summed E-state index contributed by atoms with van der Waals surface area (Å²) in [6.45, 7) is 0. The van der Waals surface area contributed by atoms with Crippen molar-refractivity contribution in [2.75, 3.05) is 6.01 Å². The molecule has 0 atom stereocenters. The molecule has 7 heteroatoms. The van der Waals surface area contributed by atoms with E-state index in [4.69, 9.17) is 5.11 Å². The summed E-state index contributed by atoms with van der Waals surface area (Å²) in [5.74, 6) is -0.688. The van der Waals surface area contributed by atoms with Crippen molar-refractivity contribution in [1.29, 1.82) is 0 Å². The van der Waals surface area contributed by atoms with Crippen molar-refractivity contribution in [3.8, 4) is 11.5 Å². The molecule has 0 aliphatic heterocycles. The molecule has 15 heavy (non-hydrogen) atoms. The maximum atomic E-state index is 11.9. The molecule has 0 bridgehead atoms. The van der Waals surface area contributed by atoms with Crippen molar-refractivity contribution < 1.29 is 26.9 Å². The smallest absolute Gasteiger partial charge is 0.339 e. The van der Waals surface area contributed by atoms with E-state index in [1.165, 1.54) is 0 Å². The maximum Gasteiger partial charge on any atom is 0.339 e. The molecule has 1 rings (SSSR count). The molecule has 0 radical (unpaired) electrons. The van der Waals surface area contributed by atoms with Gasteiger partial charge < -0.3 is 9.29 Å². The normalized spacial score (nSPS) is 11.0. The molecule has 0 spiro atoms. The van der Waals surface area contributed by atoms with E-state index in [2.05, 4.69) is 4.18 Å². The lowest BCUT2D eigenvalue weighted by atomic mass is 10.2. The predicted octanol–water partition coefficient (Wildman–Crippen LogP) is 0.840. The number of hydrogen-bond acceptors (Lipinski definition) is 5. The number of benzene rings is 1. The molecular formula is C8H7FO5S. The molecule has 0 fully saturated rings. The van der Waals surface area contributed by atoms with E-state index in [1.807, 2.05) is 0 Å². The second-order valence-corrected chi connectivity index (χ2v) is 4.09. The van der Waals surface area contributed by atoms with Gasteiger partial charge in [0.2, 0.25) is 6.01 Å². The second-order valence-electron chi connectivity index (χ2n) is 2.59. The molecule has 0 aliphatic rings. The first-order chi connectivity index (χ1) is 6.98. The number of phenols is 1. The zero-order chi connectivity index (χ0) is 11.5. The molecule has 0 amide bonds. The number of alkyl halides is 1. The van der Waals surface area contributed by atoms with E-state index in [-0.39, 0.29) is 11.3 Å². The molecule has 1 aromatic carbocycles. The summed E-state index contributed by atoms with van der Waals surface area (Å²) in [5, 5.41) is 9.16. The predicted molar refractivity (Wildman–Crippen MR) is 49.0 cm³/mol. The summed E-state index contributed by atoms with van der Waals surface area (Å²) in [6, 6.07) is 1.54. The highest BCUT2D eigenvalue weighted by atomic mass is 32.2. The van der Waals surface area contributed by atoms with Gasteiger partial charge in [-0.15, -0.1) is 0 Å². The number of phenolic OH excluding ortho intramolecular Hbond substituents is 1. The number of carbonyl (C=O) groups is 1. The monoisotopic (exact) mass is 234 g/mol. The minimum absolute atomic E-state index is 0.0139. The largest absolute Gasteiger partial charge is 0.507 e. The van der Waals surface area contributed by atoms with E-state index < -0.39 is 21.9 Å². The van der Waals surface area contributed by atoms with Gasteiger partial charge in [-0.2, -0.15) is 8.42 Å². The zero-order valence-electron chi connectivity index (χ0n) is 7.38. The van der Waals surface area contributed by atoms with Crippen molar-refractivity contribution in [2.24, 2.45) is 0 Å². The topological polar surface area (TPSA) is 80.7 Å². The lowest BCUT2D eigenvalue weighted by Gasteiger charge is -2.04. The summed E-state index contributed by atoms with van der Waals surface area (Å²) in [7, 11) is -4.27. The number of carbonyl (C=O) groups excluding carboxylic acids is 1. The Morgan fingerprint density at radius 2 is 2.13 bits per heavy atom. The van der Waals surface area contributed by atoms with Crippen LogP contribution in [-0.2, 0) is 10.1 Å². The molecule has 0 unspecified atom stereocenters. The van der Waals surface area contributed by atoms with Gasteiger partial charge in [-0.25, -0.2) is 4.39 Å². The molecule has 82 valence electrons. The Hall–Kier alpha value is -1.63. The van der Waals surface area contributed by atoms with Crippen LogP contribution in [0.4, 0.5) is 4.39 Å². The Balaban J connectivity index is 2.99. The third-order valence-corrected chi connectivity index (χ3v) is 2.20. The number of aldehydes is 1. The summed E-state index contributed by atoms with van der Waals surface area (Å²) in [5.41, 5.74) is -0.0139. The molecule has 0 aromatic heterocycles. The molecule has 1 aromatic rings. The van der Waals surface area contributed by atoms with Crippen LogP contribution in [0.15, 0.2) is 18.2 Å². The van der Waals surface area contributed by atoms with Crippen LogP contribution in [0, 0.1) is 0 Å². The van der Waals surface area contributed by atoms with Gasteiger partial charge in [0.25, 0.3) is 0 Å². The van der Waals surface area contributed by atoms with E-state index in [0.29, 0.717) is 6.29 Å². The van der Waals surface area contributed by atoms with Crippen LogP contribution in [0.25, 0.3) is 0 Å². The fourth-order valence-corrected chi connectivity index (χ4v) is 1.29. The highest BCUT2D eigenvalue weighted by molar-refractivity contribution is 7.86. The minimum Gasteiger partial charge on any atom is -0.507 e. The van der Waals surface area contributed by atoms with E-state index in [9.17, 15) is 17.6 Å². The van der Waals surface area contributed by atoms with Crippen LogP contribution in [0.2, 0.25) is 0 Å². The molecule has 0 saturated carbocycles. The van der Waals surface area contributed by atoms with Crippen molar-refractivity contribution in [1.82, 2.24) is 0 Å². The van der Waals surface area contributed by atoms with Crippen molar-refractivity contribution >= 4 is 16.4 Å². The Morgan fingerprint density at radius 3 is 2.60 bits per heavy atom. The van der Waals surface area contributed by atoms with Crippen molar-refractivity contribution in [3.63, 3.8) is 0 Å². The third kappa shape index (κ3) is 2.91. The molecule has 0 saturated heterocycles. The fraction of sp³-hybridized carbons (Fsp3) is 0.125. The first-order valence-electron chi connectivity index (χ1n) is 3.75. The maximum absolute atomic E-state index is 11.9. The van der Waals surface area contributed by atoms with Crippen LogP contribution in [0.1, 0.15) is 10.4 Å². The fourth-order valence-electron chi connectivity index (χ4n) is 0.844. The lowest BCUT2D eigenvalue weighted by Crippen LogP contribution is -2.10. The molecular weight excluding hydrogens is 227 g/mol. The van der Waals surface area contributed by atoms with Crippen LogP contribution >= 0.6 is 0 Å². The van der Waals surface area contributed by atoms with Crippen molar-refractivity contribution in [2.45, 2.75) is 0 Å². The van der Waals surface area contributed by atoms with Crippen LogP contribution in [-0.4, -0.2) is 25.8 Å².